The van der Waals surface area contributed by atoms with Crippen LogP contribution in [-0.4, -0.2) is 8.32 Å². The minimum Gasteiger partial charge on any atom is -0.542 e. The fourth-order valence-electron chi connectivity index (χ4n) is 1.23. The molecule has 0 fully saturated rings. The number of halogens is 2. The third-order valence-electron chi connectivity index (χ3n) is 3.36. The Labute approximate surface area is 119 Å². The Morgan fingerprint density at radius 2 is 1.76 bits per heavy atom. The lowest BCUT2D eigenvalue weighted by Crippen LogP contribution is -2.44. The summed E-state index contributed by atoms with van der Waals surface area (Å²) in [5.74, 6) is 0.835. The molecule has 0 heterocycles. The second-order valence-corrected chi connectivity index (χ2v) is 11.9. The molecule has 1 aromatic carbocycles. The molecule has 1 aromatic rings. The highest BCUT2D eigenvalue weighted by Gasteiger charge is 2.39. The summed E-state index contributed by atoms with van der Waals surface area (Å²) in [4.78, 5) is 0. The molecule has 0 aliphatic heterocycles. The summed E-state index contributed by atoms with van der Waals surface area (Å²) in [6.07, 6.45) is 0. The summed E-state index contributed by atoms with van der Waals surface area (Å²) in [7, 11) is -1.83. The molecule has 1 nitrogen and oxygen atoms in total. The number of rotatable bonds is 2. The van der Waals surface area contributed by atoms with Crippen LogP contribution in [0.2, 0.25) is 23.2 Å². The van der Waals surface area contributed by atoms with Crippen molar-refractivity contribution in [1.29, 1.82) is 0 Å². The van der Waals surface area contributed by atoms with E-state index in [1.807, 2.05) is 19.1 Å². The first kappa shape index (κ1) is 15.1. The largest absolute Gasteiger partial charge is 0.542 e. The first-order valence-corrected chi connectivity index (χ1v) is 9.77. The van der Waals surface area contributed by atoms with Crippen molar-refractivity contribution in [3.05, 3.63) is 27.2 Å². The van der Waals surface area contributed by atoms with Gasteiger partial charge >= 0.3 is 0 Å². The van der Waals surface area contributed by atoms with Gasteiger partial charge in [0.15, 0.2) is 0 Å². The molecule has 0 aromatic heterocycles. The molecule has 17 heavy (non-hydrogen) atoms. The van der Waals surface area contributed by atoms with E-state index in [1.165, 1.54) is 0 Å². The van der Waals surface area contributed by atoms with Gasteiger partial charge in [-0.25, -0.2) is 0 Å². The fraction of sp³-hybridized carbons (Fsp3) is 0.538. The van der Waals surface area contributed by atoms with Gasteiger partial charge in [-0.1, -0.05) is 48.3 Å². The Morgan fingerprint density at radius 1 is 1.24 bits per heavy atom. The smallest absolute Gasteiger partial charge is 0.250 e. The van der Waals surface area contributed by atoms with Gasteiger partial charge in [0.25, 0.3) is 8.32 Å². The first-order chi connectivity index (χ1) is 7.54. The topological polar surface area (TPSA) is 9.23 Å². The van der Waals surface area contributed by atoms with Gasteiger partial charge in [0.1, 0.15) is 5.75 Å². The van der Waals surface area contributed by atoms with E-state index in [9.17, 15) is 0 Å². The van der Waals surface area contributed by atoms with Crippen molar-refractivity contribution < 1.29 is 4.43 Å². The van der Waals surface area contributed by atoms with E-state index >= 15 is 0 Å². The first-order valence-electron chi connectivity index (χ1n) is 5.69. The molecule has 0 unspecified atom stereocenters. The van der Waals surface area contributed by atoms with Crippen LogP contribution in [0, 0.1) is 6.92 Å². The third-order valence-corrected chi connectivity index (χ3v) is 8.42. The van der Waals surface area contributed by atoms with E-state index < -0.39 is 8.32 Å². The predicted molar refractivity (Wildman–Crippen MR) is 81.7 cm³/mol. The molecule has 0 aliphatic rings. The molecule has 0 saturated heterocycles. The standard InChI is InChI=1S/C13H20BrClOSi/c1-9-7-10(14)8-11(15)12(9)16-17(5,6)13(2,3)4/h7-8H,1-6H3. The van der Waals surface area contributed by atoms with Crippen LogP contribution in [0.1, 0.15) is 26.3 Å². The highest BCUT2D eigenvalue weighted by atomic mass is 79.9. The van der Waals surface area contributed by atoms with Crippen molar-refractivity contribution >= 4 is 35.8 Å². The second kappa shape index (κ2) is 4.94. The summed E-state index contributed by atoms with van der Waals surface area (Å²) >= 11 is 9.70. The summed E-state index contributed by atoms with van der Waals surface area (Å²) in [5.41, 5.74) is 1.08. The molecular formula is C13H20BrClOSi. The summed E-state index contributed by atoms with van der Waals surface area (Å²) in [6.45, 7) is 13.2. The lowest BCUT2D eigenvalue weighted by Gasteiger charge is -2.37. The van der Waals surface area contributed by atoms with Gasteiger partial charge < -0.3 is 4.43 Å². The van der Waals surface area contributed by atoms with E-state index in [1.54, 1.807) is 0 Å². The van der Waals surface area contributed by atoms with Gasteiger partial charge in [-0.3, -0.25) is 0 Å². The third kappa shape index (κ3) is 3.49. The van der Waals surface area contributed by atoms with Crippen LogP contribution < -0.4 is 4.43 Å². The van der Waals surface area contributed by atoms with Crippen LogP contribution in [0.4, 0.5) is 0 Å². The maximum absolute atomic E-state index is 6.27. The highest BCUT2D eigenvalue weighted by molar-refractivity contribution is 9.10. The van der Waals surface area contributed by atoms with Crippen molar-refractivity contribution in [3.63, 3.8) is 0 Å². The summed E-state index contributed by atoms with van der Waals surface area (Å²) in [6, 6.07) is 3.92. The van der Waals surface area contributed by atoms with Crippen LogP contribution in [0.25, 0.3) is 0 Å². The van der Waals surface area contributed by atoms with Gasteiger partial charge in [-0.05, 0) is 42.8 Å². The molecule has 0 saturated carbocycles. The van der Waals surface area contributed by atoms with E-state index in [0.717, 1.165) is 15.8 Å². The minimum atomic E-state index is -1.83. The van der Waals surface area contributed by atoms with Gasteiger partial charge in [0, 0.05) is 4.47 Å². The maximum atomic E-state index is 6.27. The normalized spacial score (nSPS) is 12.7. The van der Waals surface area contributed by atoms with Crippen molar-refractivity contribution in [2.24, 2.45) is 0 Å². The van der Waals surface area contributed by atoms with E-state index in [4.69, 9.17) is 16.0 Å². The zero-order valence-corrected chi connectivity index (χ0v) is 14.7. The molecule has 1 rings (SSSR count). The number of hydrogen-bond donors (Lipinski definition) is 0. The molecule has 0 amide bonds. The maximum Gasteiger partial charge on any atom is 0.250 e. The zero-order chi connectivity index (χ0) is 13.4. The van der Waals surface area contributed by atoms with Gasteiger partial charge in [-0.15, -0.1) is 0 Å². The SMILES string of the molecule is Cc1cc(Br)cc(Cl)c1O[Si](C)(C)C(C)(C)C. The summed E-state index contributed by atoms with van der Waals surface area (Å²) < 4.78 is 7.26. The monoisotopic (exact) mass is 334 g/mol. The van der Waals surface area contributed by atoms with E-state index in [-0.39, 0.29) is 5.04 Å². The molecule has 0 N–H and O–H groups in total. The Morgan fingerprint density at radius 3 is 2.18 bits per heavy atom. The zero-order valence-electron chi connectivity index (χ0n) is 11.3. The van der Waals surface area contributed by atoms with Gasteiger partial charge in [-0.2, -0.15) is 0 Å². The molecular weight excluding hydrogens is 316 g/mol. The predicted octanol–water partition coefficient (Wildman–Crippen LogP) is 5.79. The molecule has 0 bridgehead atoms. The van der Waals surface area contributed by atoms with Crippen molar-refractivity contribution in [1.82, 2.24) is 0 Å². The quantitative estimate of drug-likeness (QED) is 0.621. The van der Waals surface area contributed by atoms with Crippen molar-refractivity contribution in [2.75, 3.05) is 0 Å². The average molecular weight is 336 g/mol. The van der Waals surface area contributed by atoms with E-state index in [2.05, 4.69) is 49.8 Å². The molecule has 0 aliphatic carbocycles. The van der Waals surface area contributed by atoms with Crippen LogP contribution in [0.15, 0.2) is 16.6 Å². The molecule has 0 spiro atoms. The molecule has 0 atom stereocenters. The van der Waals surface area contributed by atoms with Crippen LogP contribution in [-0.2, 0) is 0 Å². The number of benzene rings is 1. The Bertz CT molecular complexity index is 401. The minimum absolute atomic E-state index is 0.176. The lowest BCUT2D eigenvalue weighted by molar-refractivity contribution is 0.489. The van der Waals surface area contributed by atoms with Crippen molar-refractivity contribution in [2.45, 2.75) is 45.8 Å². The van der Waals surface area contributed by atoms with Crippen LogP contribution in [0.3, 0.4) is 0 Å². The Hall–Kier alpha value is 0.00688. The van der Waals surface area contributed by atoms with Crippen LogP contribution >= 0.6 is 27.5 Å². The number of hydrogen-bond acceptors (Lipinski definition) is 1. The van der Waals surface area contributed by atoms with Gasteiger partial charge in [0.05, 0.1) is 5.02 Å². The highest BCUT2D eigenvalue weighted by Crippen LogP contribution is 2.41. The second-order valence-electron chi connectivity index (χ2n) is 5.90. The molecule has 96 valence electrons. The molecule has 4 heteroatoms. The number of aryl methyl sites for hydroxylation is 1. The van der Waals surface area contributed by atoms with Crippen LogP contribution in [0.5, 0.6) is 5.75 Å². The lowest BCUT2D eigenvalue weighted by atomic mass is 10.2. The molecule has 0 radical (unpaired) electrons. The Kier molecular flexibility index (Phi) is 4.38. The van der Waals surface area contributed by atoms with Crippen molar-refractivity contribution in [3.8, 4) is 5.75 Å². The average Bonchev–Trinajstić information content (AvgIpc) is 2.09. The fourth-order valence-corrected chi connectivity index (χ4v) is 3.39. The van der Waals surface area contributed by atoms with E-state index in [0.29, 0.717) is 5.02 Å². The van der Waals surface area contributed by atoms with Gasteiger partial charge in [0.2, 0.25) is 0 Å². The Balaban J connectivity index is 3.13. The summed E-state index contributed by atoms with van der Waals surface area (Å²) in [5, 5.41) is 0.859.